The van der Waals surface area contributed by atoms with Crippen molar-refractivity contribution < 1.29 is 14.7 Å². The third kappa shape index (κ3) is 4.76. The summed E-state index contributed by atoms with van der Waals surface area (Å²) in [6.45, 7) is 1.95. The Kier molecular flexibility index (Phi) is 5.16. The van der Waals surface area contributed by atoms with Gasteiger partial charge in [-0.15, -0.1) is 0 Å². The van der Waals surface area contributed by atoms with Gasteiger partial charge in [-0.05, 0) is 6.42 Å². The van der Waals surface area contributed by atoms with Gasteiger partial charge in [0.1, 0.15) is 6.04 Å². The molecule has 0 rings (SSSR count). The summed E-state index contributed by atoms with van der Waals surface area (Å²) in [5.74, 6) is -1.83. The molecule has 0 spiro atoms. The molecule has 0 aliphatic carbocycles. The Morgan fingerprint density at radius 2 is 2.17 bits per heavy atom. The summed E-state index contributed by atoms with van der Waals surface area (Å²) < 4.78 is 0. The van der Waals surface area contributed by atoms with Crippen molar-refractivity contribution in [2.24, 2.45) is 0 Å². The van der Waals surface area contributed by atoms with Gasteiger partial charge in [0, 0.05) is 0 Å². The fraction of sp³-hybridized carbons (Fsp3) is 0.714. The van der Waals surface area contributed by atoms with Gasteiger partial charge in [0.2, 0.25) is 7.85 Å². The highest BCUT2D eigenvalue weighted by atomic mass is 16.4. The molecule has 0 aliphatic heterocycles. The molecule has 0 saturated carbocycles. The van der Waals surface area contributed by atoms with Gasteiger partial charge in [-0.3, -0.25) is 4.79 Å². The first-order valence-electron chi connectivity index (χ1n) is 3.86. The monoisotopic (exact) mass is 169 g/mol. The fourth-order valence-corrected chi connectivity index (χ4v) is 0.837. The topological polar surface area (TPSA) is 66.4 Å². The lowest BCUT2D eigenvalue weighted by molar-refractivity contribution is -0.139. The average Bonchev–Trinajstić information content (AvgIpc) is 1.96. The highest BCUT2D eigenvalue weighted by molar-refractivity contribution is 6.57. The van der Waals surface area contributed by atoms with Crippen LogP contribution in [0.25, 0.3) is 0 Å². The van der Waals surface area contributed by atoms with Crippen molar-refractivity contribution in [3.63, 3.8) is 0 Å². The normalized spacial score (nSPS) is 12.1. The molecule has 0 unspecified atom stereocenters. The van der Waals surface area contributed by atoms with E-state index in [1.807, 2.05) is 6.92 Å². The van der Waals surface area contributed by atoms with E-state index >= 15 is 0 Å². The van der Waals surface area contributed by atoms with Crippen LogP contribution >= 0.6 is 0 Å². The van der Waals surface area contributed by atoms with Crippen LogP contribution in [0.3, 0.4) is 0 Å². The predicted molar refractivity (Wildman–Crippen MR) is 45.2 cm³/mol. The number of aliphatic carboxylic acids is 1. The smallest absolute Gasteiger partial charge is 0.326 e. The molecule has 1 amide bonds. The Bertz CT molecular complexity index is 172. The largest absolute Gasteiger partial charge is 0.480 e. The standard InChI is InChI=1S/C7H12BNO3/c1-2-3-4-5(6(10)11)9-7(8)12/h5H,2-4H2,1H3,(H,9,12)(H,10,11)/t5-/m0/s1. The maximum absolute atomic E-state index is 10.5. The summed E-state index contributed by atoms with van der Waals surface area (Å²) in [6.07, 6.45) is 2.08. The van der Waals surface area contributed by atoms with Crippen molar-refractivity contribution >= 4 is 19.6 Å². The SMILES string of the molecule is [B]C(=O)N[C@@H](CCCC)C(=O)O. The Labute approximate surface area is 72.7 Å². The average molecular weight is 169 g/mol. The van der Waals surface area contributed by atoms with E-state index in [0.717, 1.165) is 12.8 Å². The van der Waals surface area contributed by atoms with E-state index in [-0.39, 0.29) is 0 Å². The van der Waals surface area contributed by atoms with E-state index in [0.29, 0.717) is 6.42 Å². The summed E-state index contributed by atoms with van der Waals surface area (Å²) in [5.41, 5.74) is 0. The van der Waals surface area contributed by atoms with Crippen LogP contribution < -0.4 is 5.32 Å². The van der Waals surface area contributed by atoms with E-state index in [9.17, 15) is 9.59 Å². The number of hydrogen-bond donors (Lipinski definition) is 2. The molecular weight excluding hydrogens is 157 g/mol. The first kappa shape index (κ1) is 11.0. The second-order valence-corrected chi connectivity index (χ2v) is 2.54. The minimum absolute atomic E-state index is 0.425. The fourth-order valence-electron chi connectivity index (χ4n) is 0.837. The van der Waals surface area contributed by atoms with E-state index in [4.69, 9.17) is 13.0 Å². The van der Waals surface area contributed by atoms with Crippen molar-refractivity contribution in [1.82, 2.24) is 5.32 Å². The zero-order chi connectivity index (χ0) is 9.56. The molecule has 5 heteroatoms. The molecule has 1 atom stereocenters. The molecule has 0 aromatic heterocycles. The van der Waals surface area contributed by atoms with Gasteiger partial charge in [0.15, 0.2) is 5.81 Å². The third-order valence-corrected chi connectivity index (χ3v) is 1.46. The number of rotatable bonds is 5. The lowest BCUT2D eigenvalue weighted by Gasteiger charge is -2.12. The summed E-state index contributed by atoms with van der Waals surface area (Å²) in [6, 6.07) is -0.845. The molecule has 0 fully saturated rings. The quantitative estimate of drug-likeness (QED) is 0.589. The minimum Gasteiger partial charge on any atom is -0.480 e. The van der Waals surface area contributed by atoms with Gasteiger partial charge in [0.25, 0.3) is 0 Å². The third-order valence-electron chi connectivity index (χ3n) is 1.46. The number of carbonyl (C=O) groups excluding carboxylic acids is 1. The maximum atomic E-state index is 10.5. The summed E-state index contributed by atoms with van der Waals surface area (Å²) in [7, 11) is 4.79. The second-order valence-electron chi connectivity index (χ2n) is 2.54. The first-order valence-corrected chi connectivity index (χ1v) is 3.86. The zero-order valence-electron chi connectivity index (χ0n) is 7.04. The number of carboxylic acid groups (broad SMARTS) is 1. The molecule has 2 N–H and O–H groups in total. The van der Waals surface area contributed by atoms with Gasteiger partial charge >= 0.3 is 5.97 Å². The van der Waals surface area contributed by atoms with Gasteiger partial charge in [-0.1, -0.05) is 19.8 Å². The Morgan fingerprint density at radius 3 is 2.50 bits per heavy atom. The highest BCUT2D eigenvalue weighted by Crippen LogP contribution is 2.00. The molecule has 12 heavy (non-hydrogen) atoms. The van der Waals surface area contributed by atoms with Crippen LogP contribution in [0.1, 0.15) is 26.2 Å². The minimum atomic E-state index is -1.04. The summed E-state index contributed by atoms with van der Waals surface area (Å²) >= 11 is 0. The lowest BCUT2D eigenvalue weighted by atomic mass is 10.1. The molecule has 4 nitrogen and oxygen atoms in total. The van der Waals surface area contributed by atoms with Crippen molar-refractivity contribution in [3.8, 4) is 0 Å². The number of nitrogens with one attached hydrogen (secondary N) is 1. The highest BCUT2D eigenvalue weighted by Gasteiger charge is 2.16. The Morgan fingerprint density at radius 1 is 1.58 bits per heavy atom. The van der Waals surface area contributed by atoms with Crippen LogP contribution in [0.15, 0.2) is 0 Å². The van der Waals surface area contributed by atoms with E-state index in [1.54, 1.807) is 0 Å². The Balaban J connectivity index is 3.87. The van der Waals surface area contributed by atoms with Crippen molar-refractivity contribution in [2.45, 2.75) is 32.2 Å². The van der Waals surface area contributed by atoms with Crippen molar-refractivity contribution in [2.75, 3.05) is 0 Å². The lowest BCUT2D eigenvalue weighted by Crippen LogP contribution is -2.40. The number of carbonyl (C=O) groups is 2. The molecule has 0 heterocycles. The van der Waals surface area contributed by atoms with Crippen molar-refractivity contribution in [3.05, 3.63) is 0 Å². The molecule has 0 aromatic rings. The first-order chi connectivity index (χ1) is 5.57. The van der Waals surface area contributed by atoms with Crippen LogP contribution in [-0.2, 0) is 4.79 Å². The molecule has 2 radical (unpaired) electrons. The van der Waals surface area contributed by atoms with Crippen LogP contribution in [-0.4, -0.2) is 30.8 Å². The Hall–Kier alpha value is -0.995. The molecule has 0 saturated heterocycles. The van der Waals surface area contributed by atoms with E-state index in [1.165, 1.54) is 0 Å². The number of amides is 1. The van der Waals surface area contributed by atoms with Gasteiger partial charge in [0.05, 0.1) is 0 Å². The molecule has 0 aromatic carbocycles. The van der Waals surface area contributed by atoms with E-state index < -0.39 is 17.8 Å². The van der Waals surface area contributed by atoms with E-state index in [2.05, 4.69) is 5.32 Å². The van der Waals surface area contributed by atoms with Crippen LogP contribution in [0.4, 0.5) is 4.79 Å². The predicted octanol–water partition coefficient (Wildman–Crippen LogP) is 0.508. The van der Waals surface area contributed by atoms with Gasteiger partial charge < -0.3 is 10.4 Å². The second kappa shape index (κ2) is 5.63. The van der Waals surface area contributed by atoms with Crippen LogP contribution in [0.2, 0.25) is 0 Å². The van der Waals surface area contributed by atoms with Gasteiger partial charge in [-0.2, -0.15) is 0 Å². The summed E-state index contributed by atoms with van der Waals surface area (Å²) in [5, 5.41) is 10.7. The number of carboxylic acids is 1. The molecule has 0 aliphatic rings. The number of unbranched alkanes of at least 4 members (excludes halogenated alkanes) is 1. The summed E-state index contributed by atoms with van der Waals surface area (Å²) in [4.78, 5) is 20.8. The van der Waals surface area contributed by atoms with Crippen molar-refractivity contribution in [1.29, 1.82) is 0 Å². The zero-order valence-corrected chi connectivity index (χ0v) is 7.04. The van der Waals surface area contributed by atoms with Gasteiger partial charge in [-0.25, -0.2) is 4.79 Å². The van der Waals surface area contributed by atoms with Crippen LogP contribution in [0.5, 0.6) is 0 Å². The number of hydrogen-bond acceptors (Lipinski definition) is 2. The molecule has 0 bridgehead atoms. The molecule has 66 valence electrons. The van der Waals surface area contributed by atoms with Crippen LogP contribution in [0, 0.1) is 0 Å². The maximum Gasteiger partial charge on any atom is 0.326 e. The molecular formula is C7H12BNO3.